The Hall–Kier alpha value is -3.10. The van der Waals surface area contributed by atoms with Crippen molar-refractivity contribution in [3.8, 4) is 11.5 Å². The number of nitrogens with zero attached hydrogens (tertiary/aromatic N) is 1. The molecule has 3 amide bonds. The summed E-state index contributed by atoms with van der Waals surface area (Å²) < 4.78 is 10.8. The average molecular weight is 349 g/mol. The molecule has 9 heteroatoms. The van der Waals surface area contributed by atoms with Gasteiger partial charge in [-0.05, 0) is 24.1 Å². The maximum absolute atomic E-state index is 11.6. The van der Waals surface area contributed by atoms with Crippen LogP contribution in [-0.2, 0) is 4.79 Å². The van der Waals surface area contributed by atoms with Crippen LogP contribution >= 0.6 is 0 Å². The number of benzene rings is 1. The predicted molar refractivity (Wildman–Crippen MR) is 89.1 cm³/mol. The summed E-state index contributed by atoms with van der Waals surface area (Å²) in [6.45, 7) is 2.54. The fourth-order valence-corrected chi connectivity index (χ4v) is 2.33. The largest absolute Gasteiger partial charge is 0.493 e. The van der Waals surface area contributed by atoms with E-state index in [0.29, 0.717) is 23.7 Å². The molecule has 0 aliphatic carbocycles. The molecule has 0 bridgehead atoms. The molecular weight excluding hydrogens is 330 g/mol. The highest BCUT2D eigenvalue weighted by molar-refractivity contribution is 6.00. The Kier molecular flexibility index (Phi) is 5.93. The topological polar surface area (TPSA) is 120 Å². The maximum atomic E-state index is 11.6. The number of urea groups is 1. The molecule has 2 N–H and O–H groups in total. The summed E-state index contributed by atoms with van der Waals surface area (Å²) in [7, 11) is 1.51. The Morgan fingerprint density at radius 2 is 2.08 bits per heavy atom. The van der Waals surface area contributed by atoms with Crippen LogP contribution in [0.4, 0.5) is 4.79 Å². The fourth-order valence-electron chi connectivity index (χ4n) is 2.33. The first-order chi connectivity index (χ1) is 12.0. The van der Waals surface area contributed by atoms with E-state index in [-0.39, 0.29) is 0 Å². The molecule has 1 saturated heterocycles. The third kappa shape index (κ3) is 4.46. The van der Waals surface area contributed by atoms with E-state index in [9.17, 15) is 19.7 Å². The number of amides is 3. The standard InChI is InChI=1S/C16H19N3O6/c1-3-8-25-12-7-5-10(9-13(12)24-2)4-6-11-14(19(22)23)15(20)18-16(21)17-11/h4-7,9,11,14H,3,8H2,1-2H3,(H2,17,18,20,21)/b6-4+/t11-,14-/m1/s1. The number of nitro groups is 1. The van der Waals surface area contributed by atoms with Crippen LogP contribution in [0.15, 0.2) is 24.3 Å². The molecule has 0 spiro atoms. The van der Waals surface area contributed by atoms with E-state index in [4.69, 9.17) is 9.47 Å². The van der Waals surface area contributed by atoms with Gasteiger partial charge in [-0.25, -0.2) is 4.79 Å². The third-order valence-electron chi connectivity index (χ3n) is 3.52. The molecule has 2 atom stereocenters. The zero-order chi connectivity index (χ0) is 18.4. The molecule has 0 radical (unpaired) electrons. The molecule has 1 heterocycles. The number of hydrogen-bond acceptors (Lipinski definition) is 6. The fraction of sp³-hybridized carbons (Fsp3) is 0.375. The zero-order valence-corrected chi connectivity index (χ0v) is 13.9. The molecule has 9 nitrogen and oxygen atoms in total. The molecule has 1 fully saturated rings. The van der Waals surface area contributed by atoms with Gasteiger partial charge in [0.1, 0.15) is 6.04 Å². The van der Waals surface area contributed by atoms with Crippen LogP contribution in [0.5, 0.6) is 11.5 Å². The van der Waals surface area contributed by atoms with E-state index < -0.39 is 28.9 Å². The molecule has 25 heavy (non-hydrogen) atoms. The minimum absolute atomic E-state index is 0.520. The monoisotopic (exact) mass is 349 g/mol. The second-order valence-corrected chi connectivity index (χ2v) is 5.34. The van der Waals surface area contributed by atoms with E-state index in [1.807, 2.05) is 12.2 Å². The lowest BCUT2D eigenvalue weighted by atomic mass is 10.0. The number of imide groups is 1. The van der Waals surface area contributed by atoms with Gasteiger partial charge in [0.15, 0.2) is 11.5 Å². The Bertz CT molecular complexity index is 703. The van der Waals surface area contributed by atoms with Gasteiger partial charge in [0, 0.05) is 4.92 Å². The lowest BCUT2D eigenvalue weighted by molar-refractivity contribution is -0.510. The third-order valence-corrected chi connectivity index (χ3v) is 3.52. The van der Waals surface area contributed by atoms with Crippen molar-refractivity contribution in [3.63, 3.8) is 0 Å². The van der Waals surface area contributed by atoms with Crippen LogP contribution in [-0.4, -0.2) is 42.7 Å². The minimum Gasteiger partial charge on any atom is -0.493 e. The van der Waals surface area contributed by atoms with Crippen LogP contribution in [0.3, 0.4) is 0 Å². The Balaban J connectivity index is 2.20. The van der Waals surface area contributed by atoms with Crippen LogP contribution < -0.4 is 20.1 Å². The Morgan fingerprint density at radius 1 is 1.32 bits per heavy atom. The van der Waals surface area contributed by atoms with Gasteiger partial charge in [0.05, 0.1) is 13.7 Å². The SMILES string of the molecule is CCCOc1ccc(/C=C/[C@H]2NC(=O)NC(=O)[C@@H]2[N+](=O)[O-])cc1OC. The first-order valence-electron chi connectivity index (χ1n) is 7.70. The molecule has 1 aliphatic heterocycles. The van der Waals surface area contributed by atoms with Gasteiger partial charge < -0.3 is 14.8 Å². The van der Waals surface area contributed by atoms with E-state index in [2.05, 4.69) is 5.32 Å². The Labute approximate surface area is 144 Å². The first-order valence-corrected chi connectivity index (χ1v) is 7.70. The number of carbonyl (C=O) groups excluding carboxylic acids is 2. The quantitative estimate of drug-likeness (QED) is 0.566. The van der Waals surface area contributed by atoms with Gasteiger partial charge in [-0.1, -0.05) is 25.1 Å². The van der Waals surface area contributed by atoms with Crippen molar-refractivity contribution in [2.24, 2.45) is 0 Å². The number of carbonyl (C=O) groups is 2. The molecule has 0 saturated carbocycles. The van der Waals surface area contributed by atoms with Gasteiger partial charge in [0.2, 0.25) is 0 Å². The number of rotatable bonds is 7. The molecular formula is C16H19N3O6. The predicted octanol–water partition coefficient (Wildman–Crippen LogP) is 1.35. The van der Waals surface area contributed by atoms with Gasteiger partial charge in [-0.3, -0.25) is 20.2 Å². The molecule has 1 aromatic carbocycles. The van der Waals surface area contributed by atoms with Crippen LogP contribution in [0.25, 0.3) is 6.08 Å². The summed E-state index contributed by atoms with van der Waals surface area (Å²) in [5.41, 5.74) is 0.683. The smallest absolute Gasteiger partial charge is 0.322 e. The van der Waals surface area contributed by atoms with Crippen molar-refractivity contribution in [2.45, 2.75) is 25.4 Å². The second kappa shape index (κ2) is 8.13. The molecule has 1 aromatic rings. The summed E-state index contributed by atoms with van der Waals surface area (Å²) in [5.74, 6) is 0.172. The van der Waals surface area contributed by atoms with Gasteiger partial charge in [-0.2, -0.15) is 0 Å². The van der Waals surface area contributed by atoms with Crippen molar-refractivity contribution < 1.29 is 24.0 Å². The lowest BCUT2D eigenvalue weighted by Crippen LogP contribution is -2.62. The highest BCUT2D eigenvalue weighted by Gasteiger charge is 2.43. The summed E-state index contributed by atoms with van der Waals surface area (Å²) in [6, 6.07) is 1.79. The molecule has 0 aromatic heterocycles. The van der Waals surface area contributed by atoms with Crippen LogP contribution in [0.1, 0.15) is 18.9 Å². The number of nitrogens with one attached hydrogen (secondary N) is 2. The minimum atomic E-state index is -1.58. The van der Waals surface area contributed by atoms with Crippen molar-refractivity contribution >= 4 is 18.0 Å². The summed E-state index contributed by atoms with van der Waals surface area (Å²) in [6.07, 6.45) is 3.84. The lowest BCUT2D eigenvalue weighted by Gasteiger charge is -2.23. The summed E-state index contributed by atoms with van der Waals surface area (Å²) >= 11 is 0. The number of methoxy groups -OCH3 is 1. The van der Waals surface area contributed by atoms with E-state index in [1.54, 1.807) is 24.3 Å². The van der Waals surface area contributed by atoms with Crippen molar-refractivity contribution in [3.05, 3.63) is 40.0 Å². The van der Waals surface area contributed by atoms with Crippen molar-refractivity contribution in [1.82, 2.24) is 10.6 Å². The maximum Gasteiger partial charge on any atom is 0.322 e. The van der Waals surface area contributed by atoms with Crippen molar-refractivity contribution in [1.29, 1.82) is 0 Å². The van der Waals surface area contributed by atoms with Crippen LogP contribution in [0, 0.1) is 10.1 Å². The van der Waals surface area contributed by atoms with Gasteiger partial charge in [-0.15, -0.1) is 0 Å². The Morgan fingerprint density at radius 3 is 2.72 bits per heavy atom. The number of hydrogen-bond donors (Lipinski definition) is 2. The van der Waals surface area contributed by atoms with Crippen LogP contribution in [0.2, 0.25) is 0 Å². The second-order valence-electron chi connectivity index (χ2n) is 5.34. The van der Waals surface area contributed by atoms with E-state index >= 15 is 0 Å². The van der Waals surface area contributed by atoms with Crippen molar-refractivity contribution in [2.75, 3.05) is 13.7 Å². The highest BCUT2D eigenvalue weighted by atomic mass is 16.6. The average Bonchev–Trinajstić information content (AvgIpc) is 2.57. The zero-order valence-electron chi connectivity index (χ0n) is 13.9. The molecule has 134 valence electrons. The molecule has 0 unspecified atom stereocenters. The molecule has 1 aliphatic rings. The normalized spacial score (nSPS) is 20.1. The first kappa shape index (κ1) is 18.2. The number of ether oxygens (including phenoxy) is 2. The highest BCUT2D eigenvalue weighted by Crippen LogP contribution is 2.28. The van der Waals surface area contributed by atoms with E-state index in [1.165, 1.54) is 13.2 Å². The molecule has 2 rings (SSSR count). The summed E-state index contributed by atoms with van der Waals surface area (Å²) in [4.78, 5) is 33.3. The summed E-state index contributed by atoms with van der Waals surface area (Å²) in [5, 5.41) is 15.3. The van der Waals surface area contributed by atoms with Gasteiger partial charge in [0.25, 0.3) is 0 Å². The van der Waals surface area contributed by atoms with Gasteiger partial charge >= 0.3 is 18.0 Å². The van der Waals surface area contributed by atoms with E-state index in [0.717, 1.165) is 6.42 Å².